The van der Waals surface area contributed by atoms with E-state index in [1.807, 2.05) is 30.3 Å². The topological polar surface area (TPSA) is 47.6 Å². The summed E-state index contributed by atoms with van der Waals surface area (Å²) in [4.78, 5) is 10.4. The zero-order valence-electron chi connectivity index (χ0n) is 9.69. The summed E-state index contributed by atoms with van der Waals surface area (Å²) in [6.07, 6.45) is 0.655. The Morgan fingerprint density at radius 2 is 1.94 bits per heavy atom. The average molecular weight is 231 g/mol. The predicted octanol–water partition coefficient (Wildman–Crippen LogP) is 2.43. The summed E-state index contributed by atoms with van der Waals surface area (Å²) in [5.41, 5.74) is 0.750. The van der Waals surface area contributed by atoms with Gasteiger partial charge in [0, 0.05) is 11.1 Å². The van der Waals surface area contributed by atoms with Gasteiger partial charge in [0.15, 0.2) is 11.5 Å². The molecule has 0 aliphatic carbocycles. The molecule has 1 amide bonds. The first-order valence-corrected chi connectivity index (χ1v) is 5.15. The van der Waals surface area contributed by atoms with E-state index in [1.54, 1.807) is 14.2 Å². The zero-order valence-corrected chi connectivity index (χ0v) is 9.69. The van der Waals surface area contributed by atoms with Crippen LogP contribution in [0.3, 0.4) is 0 Å². The average Bonchev–Trinajstić information content (AvgIpc) is 2.37. The van der Waals surface area contributed by atoms with E-state index < -0.39 is 0 Å². The Morgan fingerprint density at radius 3 is 2.59 bits per heavy atom. The van der Waals surface area contributed by atoms with Crippen LogP contribution in [0.15, 0.2) is 30.3 Å². The van der Waals surface area contributed by atoms with Gasteiger partial charge in [-0.3, -0.25) is 4.79 Å². The minimum absolute atomic E-state index is 0.655. The summed E-state index contributed by atoms with van der Waals surface area (Å²) in [5, 5.41) is 4.54. The predicted molar refractivity (Wildman–Crippen MR) is 66.7 cm³/mol. The Morgan fingerprint density at radius 1 is 1.12 bits per heavy atom. The molecule has 0 aromatic heterocycles. The number of ether oxygens (including phenoxy) is 2. The molecule has 0 bridgehead atoms. The van der Waals surface area contributed by atoms with Gasteiger partial charge in [-0.2, -0.15) is 0 Å². The van der Waals surface area contributed by atoms with E-state index in [1.165, 1.54) is 0 Å². The minimum atomic E-state index is 0.655. The van der Waals surface area contributed by atoms with Crippen LogP contribution < -0.4 is 14.8 Å². The Labute approximate surface area is 99.1 Å². The lowest BCUT2D eigenvalue weighted by Gasteiger charge is -2.11. The van der Waals surface area contributed by atoms with Crippen LogP contribution in [0.4, 0.5) is 5.69 Å². The van der Waals surface area contributed by atoms with Crippen molar-refractivity contribution in [2.75, 3.05) is 19.5 Å². The maximum absolute atomic E-state index is 10.4. The van der Waals surface area contributed by atoms with Gasteiger partial charge in [-0.1, -0.05) is 6.07 Å². The Balaban J connectivity index is 2.62. The number of anilines is 1. The van der Waals surface area contributed by atoms with E-state index in [-0.39, 0.29) is 0 Å². The fourth-order valence-electron chi connectivity index (χ4n) is 1.81. The summed E-state index contributed by atoms with van der Waals surface area (Å²) >= 11 is 0. The monoisotopic (exact) mass is 231 g/mol. The molecule has 0 aliphatic heterocycles. The van der Waals surface area contributed by atoms with E-state index in [0.29, 0.717) is 17.9 Å². The van der Waals surface area contributed by atoms with Crippen molar-refractivity contribution in [2.24, 2.45) is 0 Å². The van der Waals surface area contributed by atoms with Crippen molar-refractivity contribution in [3.8, 4) is 11.5 Å². The number of carbonyl (C=O) groups is 1. The van der Waals surface area contributed by atoms with Crippen molar-refractivity contribution in [1.29, 1.82) is 0 Å². The number of benzene rings is 2. The van der Waals surface area contributed by atoms with Gasteiger partial charge in [-0.15, -0.1) is 0 Å². The lowest BCUT2D eigenvalue weighted by atomic mass is 10.1. The normalized spacial score (nSPS) is 10.0. The molecule has 0 radical (unpaired) electrons. The molecule has 0 saturated carbocycles. The van der Waals surface area contributed by atoms with Crippen LogP contribution in [0.5, 0.6) is 11.5 Å². The van der Waals surface area contributed by atoms with Crippen molar-refractivity contribution in [1.82, 2.24) is 0 Å². The number of fused-ring (bicyclic) bond motifs is 1. The molecule has 0 fully saturated rings. The first-order chi connectivity index (χ1) is 8.30. The standard InChI is InChI=1S/C13H13NO3/c1-16-12-6-3-9-7-10(14-8-15)4-5-11(9)13(12)17-2/h3-8H,1-2H3,(H,14,15). The molecule has 2 aromatic carbocycles. The second-order valence-corrected chi connectivity index (χ2v) is 3.50. The molecule has 4 nitrogen and oxygen atoms in total. The molecule has 2 rings (SSSR count). The van der Waals surface area contributed by atoms with Crippen molar-refractivity contribution < 1.29 is 14.3 Å². The smallest absolute Gasteiger partial charge is 0.211 e. The molecule has 4 heteroatoms. The Hall–Kier alpha value is -2.23. The molecule has 0 saturated heterocycles. The lowest BCUT2D eigenvalue weighted by molar-refractivity contribution is -0.105. The molecule has 17 heavy (non-hydrogen) atoms. The fourth-order valence-corrected chi connectivity index (χ4v) is 1.81. The summed E-state index contributed by atoms with van der Waals surface area (Å²) in [6, 6.07) is 9.35. The Bertz CT molecular complexity index is 552. The number of methoxy groups -OCH3 is 2. The quantitative estimate of drug-likeness (QED) is 0.822. The van der Waals surface area contributed by atoms with E-state index in [9.17, 15) is 4.79 Å². The van der Waals surface area contributed by atoms with Crippen molar-refractivity contribution in [3.05, 3.63) is 30.3 Å². The molecule has 1 N–H and O–H groups in total. The largest absolute Gasteiger partial charge is 0.493 e. The van der Waals surface area contributed by atoms with Crippen molar-refractivity contribution >= 4 is 22.9 Å². The maximum atomic E-state index is 10.4. The van der Waals surface area contributed by atoms with E-state index in [2.05, 4.69) is 5.32 Å². The SMILES string of the molecule is COc1ccc2cc(NC=O)ccc2c1OC. The second-order valence-electron chi connectivity index (χ2n) is 3.50. The third-order valence-electron chi connectivity index (χ3n) is 2.58. The molecular weight excluding hydrogens is 218 g/mol. The molecule has 0 aliphatic rings. The molecule has 2 aromatic rings. The van der Waals surface area contributed by atoms with Crippen molar-refractivity contribution in [2.45, 2.75) is 0 Å². The van der Waals surface area contributed by atoms with Gasteiger partial charge < -0.3 is 14.8 Å². The Kier molecular flexibility index (Phi) is 3.14. The molecule has 0 unspecified atom stereocenters. The molecule has 0 spiro atoms. The number of hydrogen-bond acceptors (Lipinski definition) is 3. The van der Waals surface area contributed by atoms with Crippen LogP contribution in [0.25, 0.3) is 10.8 Å². The van der Waals surface area contributed by atoms with Crippen LogP contribution in [0, 0.1) is 0 Å². The van der Waals surface area contributed by atoms with Gasteiger partial charge in [0.25, 0.3) is 0 Å². The molecule has 0 heterocycles. The molecular formula is C13H13NO3. The molecule has 0 atom stereocenters. The highest BCUT2D eigenvalue weighted by atomic mass is 16.5. The summed E-state index contributed by atoms with van der Waals surface area (Å²) in [5.74, 6) is 1.39. The summed E-state index contributed by atoms with van der Waals surface area (Å²) in [7, 11) is 3.21. The van der Waals surface area contributed by atoms with Crippen LogP contribution in [-0.2, 0) is 4.79 Å². The number of hydrogen-bond donors (Lipinski definition) is 1. The highest BCUT2D eigenvalue weighted by Gasteiger charge is 2.08. The fraction of sp³-hybridized carbons (Fsp3) is 0.154. The van der Waals surface area contributed by atoms with Crippen LogP contribution in [0.2, 0.25) is 0 Å². The highest BCUT2D eigenvalue weighted by Crippen LogP contribution is 2.36. The minimum Gasteiger partial charge on any atom is -0.493 e. The zero-order chi connectivity index (χ0) is 12.3. The number of nitrogens with one attached hydrogen (secondary N) is 1. The van der Waals surface area contributed by atoms with Gasteiger partial charge in [0.05, 0.1) is 14.2 Å². The van der Waals surface area contributed by atoms with E-state index in [0.717, 1.165) is 16.5 Å². The first kappa shape index (κ1) is 11.3. The van der Waals surface area contributed by atoms with E-state index in [4.69, 9.17) is 9.47 Å². The number of amides is 1. The van der Waals surface area contributed by atoms with Crippen LogP contribution >= 0.6 is 0 Å². The third-order valence-corrected chi connectivity index (χ3v) is 2.58. The van der Waals surface area contributed by atoms with Crippen LogP contribution in [0.1, 0.15) is 0 Å². The second kappa shape index (κ2) is 4.74. The summed E-state index contributed by atoms with van der Waals surface area (Å²) < 4.78 is 10.6. The number of carbonyl (C=O) groups excluding carboxylic acids is 1. The third kappa shape index (κ3) is 2.01. The van der Waals surface area contributed by atoms with Gasteiger partial charge in [0.1, 0.15) is 0 Å². The van der Waals surface area contributed by atoms with Gasteiger partial charge >= 0.3 is 0 Å². The first-order valence-electron chi connectivity index (χ1n) is 5.15. The number of rotatable bonds is 4. The van der Waals surface area contributed by atoms with Gasteiger partial charge in [-0.05, 0) is 29.7 Å². The van der Waals surface area contributed by atoms with Crippen LogP contribution in [-0.4, -0.2) is 20.6 Å². The maximum Gasteiger partial charge on any atom is 0.211 e. The highest BCUT2D eigenvalue weighted by molar-refractivity contribution is 5.94. The van der Waals surface area contributed by atoms with Gasteiger partial charge in [-0.25, -0.2) is 0 Å². The van der Waals surface area contributed by atoms with Gasteiger partial charge in [0.2, 0.25) is 6.41 Å². The van der Waals surface area contributed by atoms with E-state index >= 15 is 0 Å². The lowest BCUT2D eigenvalue weighted by Crippen LogP contribution is -1.94. The summed E-state index contributed by atoms with van der Waals surface area (Å²) in [6.45, 7) is 0. The van der Waals surface area contributed by atoms with Crippen molar-refractivity contribution in [3.63, 3.8) is 0 Å². The molecule has 88 valence electrons.